The number of benzene rings is 1. The van der Waals surface area contributed by atoms with Gasteiger partial charge in [-0.2, -0.15) is 0 Å². The molecule has 0 aliphatic heterocycles. The Morgan fingerprint density at radius 2 is 1.95 bits per heavy atom. The first-order chi connectivity index (χ1) is 9.71. The lowest BCUT2D eigenvalue weighted by molar-refractivity contribution is 0.231. The number of thiazole rings is 1. The van der Waals surface area contributed by atoms with Gasteiger partial charge in [0.15, 0.2) is 0 Å². The zero-order chi connectivity index (χ0) is 14.0. The maximum atomic E-state index is 6.64. The van der Waals surface area contributed by atoms with E-state index in [1.165, 1.54) is 24.8 Å². The quantitative estimate of drug-likeness (QED) is 0.898. The number of rotatable bonds is 3. The predicted octanol–water partition coefficient (Wildman–Crippen LogP) is 4.56. The molecule has 1 aliphatic rings. The van der Waals surface area contributed by atoms with Gasteiger partial charge in [-0.3, -0.25) is 0 Å². The molecule has 1 fully saturated rings. The van der Waals surface area contributed by atoms with Crippen LogP contribution in [0.3, 0.4) is 0 Å². The van der Waals surface area contributed by atoms with Crippen molar-refractivity contribution in [1.29, 1.82) is 0 Å². The Balaban J connectivity index is 1.80. The predicted molar refractivity (Wildman–Crippen MR) is 85.7 cm³/mol. The fraction of sp³-hybridized carbons (Fsp3) is 0.471. The molecule has 2 nitrogen and oxygen atoms in total. The summed E-state index contributed by atoms with van der Waals surface area (Å²) < 4.78 is 0. The molecule has 0 radical (unpaired) electrons. The molecule has 0 unspecified atom stereocenters. The highest BCUT2D eigenvalue weighted by atomic mass is 32.1. The van der Waals surface area contributed by atoms with Gasteiger partial charge in [-0.05, 0) is 31.6 Å². The fourth-order valence-corrected chi connectivity index (χ4v) is 4.06. The highest BCUT2D eigenvalue weighted by Crippen LogP contribution is 2.40. The third-order valence-corrected chi connectivity index (χ3v) is 5.64. The van der Waals surface area contributed by atoms with Crippen molar-refractivity contribution in [3.63, 3.8) is 0 Å². The van der Waals surface area contributed by atoms with Crippen LogP contribution >= 0.6 is 11.3 Å². The lowest BCUT2D eigenvalue weighted by Gasteiger charge is -2.35. The maximum Gasteiger partial charge on any atom is 0.113 e. The second kappa shape index (κ2) is 5.66. The Bertz CT molecular complexity index is 553. The van der Waals surface area contributed by atoms with Crippen molar-refractivity contribution in [3.8, 4) is 11.3 Å². The van der Waals surface area contributed by atoms with Crippen LogP contribution in [0.5, 0.6) is 0 Å². The van der Waals surface area contributed by atoms with Gasteiger partial charge < -0.3 is 5.73 Å². The van der Waals surface area contributed by atoms with Gasteiger partial charge in [0, 0.05) is 10.9 Å². The Morgan fingerprint density at radius 3 is 2.60 bits per heavy atom. The second-order valence-corrected chi connectivity index (χ2v) is 6.77. The molecule has 20 heavy (non-hydrogen) atoms. The van der Waals surface area contributed by atoms with Gasteiger partial charge >= 0.3 is 0 Å². The molecule has 0 saturated heterocycles. The molecule has 0 atom stereocenters. The molecule has 1 heterocycles. The van der Waals surface area contributed by atoms with Crippen molar-refractivity contribution < 1.29 is 0 Å². The Labute approximate surface area is 125 Å². The van der Waals surface area contributed by atoms with Crippen LogP contribution in [0.2, 0.25) is 0 Å². The molecule has 3 heteroatoms. The largest absolute Gasteiger partial charge is 0.319 e. The van der Waals surface area contributed by atoms with Crippen LogP contribution in [0.4, 0.5) is 0 Å². The first-order valence-corrected chi connectivity index (χ1v) is 8.39. The first kappa shape index (κ1) is 13.8. The Morgan fingerprint density at radius 1 is 1.25 bits per heavy atom. The van der Waals surface area contributed by atoms with Crippen molar-refractivity contribution in [2.45, 2.75) is 44.6 Å². The third kappa shape index (κ3) is 2.65. The lowest BCUT2D eigenvalue weighted by atomic mass is 9.76. The van der Waals surface area contributed by atoms with E-state index in [9.17, 15) is 0 Å². The van der Waals surface area contributed by atoms with Crippen LogP contribution in [0, 0.1) is 5.92 Å². The van der Waals surface area contributed by atoms with E-state index in [1.807, 2.05) is 6.07 Å². The van der Waals surface area contributed by atoms with E-state index in [4.69, 9.17) is 10.7 Å². The summed E-state index contributed by atoms with van der Waals surface area (Å²) in [4.78, 5) is 4.82. The summed E-state index contributed by atoms with van der Waals surface area (Å²) in [5.41, 5.74) is 8.69. The summed E-state index contributed by atoms with van der Waals surface area (Å²) in [5.74, 6) is 0.861. The van der Waals surface area contributed by atoms with Crippen molar-refractivity contribution in [2.75, 3.05) is 0 Å². The standard InChI is InChI=1S/C17H22N2S/c1-2-13-8-10-17(18,11-9-13)16-19-15(12-20-16)14-6-4-3-5-7-14/h3-7,12-13H,2,8-11,18H2,1H3. The normalized spacial score (nSPS) is 26.6. The fourth-order valence-electron chi connectivity index (χ4n) is 3.06. The number of hydrogen-bond acceptors (Lipinski definition) is 3. The molecule has 3 rings (SSSR count). The van der Waals surface area contributed by atoms with Crippen molar-refractivity contribution >= 4 is 11.3 Å². The number of nitrogens with two attached hydrogens (primary N) is 1. The molecule has 2 N–H and O–H groups in total. The molecule has 0 spiro atoms. The van der Waals surface area contributed by atoms with Gasteiger partial charge in [0.25, 0.3) is 0 Å². The number of hydrogen-bond donors (Lipinski definition) is 1. The minimum absolute atomic E-state index is 0.191. The van der Waals surface area contributed by atoms with Gasteiger partial charge in [0.1, 0.15) is 5.01 Å². The van der Waals surface area contributed by atoms with E-state index in [0.29, 0.717) is 0 Å². The molecular weight excluding hydrogens is 264 g/mol. The molecule has 1 aliphatic carbocycles. The van der Waals surface area contributed by atoms with E-state index in [2.05, 4.69) is 36.6 Å². The molecular formula is C17H22N2S. The van der Waals surface area contributed by atoms with Gasteiger partial charge in [-0.1, -0.05) is 43.7 Å². The van der Waals surface area contributed by atoms with Crippen molar-refractivity contribution in [1.82, 2.24) is 4.98 Å². The molecule has 1 saturated carbocycles. The SMILES string of the molecule is CCC1CCC(N)(c2nc(-c3ccccc3)cs2)CC1. The Kier molecular flexibility index (Phi) is 3.90. The molecule has 0 bridgehead atoms. The lowest BCUT2D eigenvalue weighted by Crippen LogP contribution is -2.40. The van der Waals surface area contributed by atoms with Crippen LogP contribution in [0.1, 0.15) is 44.0 Å². The molecule has 1 aromatic carbocycles. The van der Waals surface area contributed by atoms with E-state index in [-0.39, 0.29) is 5.54 Å². The summed E-state index contributed by atoms with van der Waals surface area (Å²) in [6.45, 7) is 2.28. The first-order valence-electron chi connectivity index (χ1n) is 7.51. The second-order valence-electron chi connectivity index (χ2n) is 5.91. The topological polar surface area (TPSA) is 38.9 Å². The van der Waals surface area contributed by atoms with Crippen LogP contribution in [0.15, 0.2) is 35.7 Å². The van der Waals surface area contributed by atoms with Crippen molar-refractivity contribution in [3.05, 3.63) is 40.7 Å². The van der Waals surface area contributed by atoms with Crippen LogP contribution in [-0.2, 0) is 5.54 Å². The van der Waals surface area contributed by atoms with Gasteiger partial charge in [0.2, 0.25) is 0 Å². The van der Waals surface area contributed by atoms with E-state index in [1.54, 1.807) is 11.3 Å². The van der Waals surface area contributed by atoms with Gasteiger partial charge in [-0.15, -0.1) is 11.3 Å². The minimum Gasteiger partial charge on any atom is -0.319 e. The summed E-state index contributed by atoms with van der Waals surface area (Å²) >= 11 is 1.72. The third-order valence-electron chi connectivity index (χ3n) is 4.57. The minimum atomic E-state index is -0.191. The summed E-state index contributed by atoms with van der Waals surface area (Å²) in [7, 11) is 0. The van der Waals surface area contributed by atoms with Crippen molar-refractivity contribution in [2.24, 2.45) is 11.7 Å². The summed E-state index contributed by atoms with van der Waals surface area (Å²) in [6.07, 6.45) is 5.92. The summed E-state index contributed by atoms with van der Waals surface area (Å²) in [6, 6.07) is 10.4. The van der Waals surface area contributed by atoms with E-state index in [0.717, 1.165) is 29.5 Å². The van der Waals surface area contributed by atoms with E-state index < -0.39 is 0 Å². The maximum absolute atomic E-state index is 6.64. The zero-order valence-electron chi connectivity index (χ0n) is 12.0. The number of aromatic nitrogens is 1. The van der Waals surface area contributed by atoms with Crippen LogP contribution in [-0.4, -0.2) is 4.98 Å². The van der Waals surface area contributed by atoms with Crippen LogP contribution < -0.4 is 5.73 Å². The highest BCUT2D eigenvalue weighted by Gasteiger charge is 2.35. The summed E-state index contributed by atoms with van der Waals surface area (Å²) in [5, 5.41) is 3.26. The zero-order valence-corrected chi connectivity index (χ0v) is 12.8. The van der Waals surface area contributed by atoms with Crippen LogP contribution in [0.25, 0.3) is 11.3 Å². The molecule has 1 aromatic heterocycles. The Hall–Kier alpha value is -1.19. The van der Waals surface area contributed by atoms with E-state index >= 15 is 0 Å². The highest BCUT2D eigenvalue weighted by molar-refractivity contribution is 7.10. The average Bonchev–Trinajstić information content (AvgIpc) is 3.00. The molecule has 106 valence electrons. The average molecular weight is 286 g/mol. The monoisotopic (exact) mass is 286 g/mol. The smallest absolute Gasteiger partial charge is 0.113 e. The number of nitrogens with zero attached hydrogens (tertiary/aromatic N) is 1. The van der Waals surface area contributed by atoms with Gasteiger partial charge in [0.05, 0.1) is 11.2 Å². The molecule has 2 aromatic rings. The molecule has 0 amide bonds. The van der Waals surface area contributed by atoms with Gasteiger partial charge in [-0.25, -0.2) is 4.98 Å².